The number of aliphatic hydroxyl groups excluding tert-OH is 1. The Kier molecular flexibility index (Phi) is 5.70. The molecule has 0 aliphatic rings. The summed E-state index contributed by atoms with van der Waals surface area (Å²) < 4.78 is 26.5. The molecule has 1 aromatic carbocycles. The first-order valence-electron chi connectivity index (χ1n) is 5.09. The molecule has 0 aliphatic carbocycles. The highest BCUT2D eigenvalue weighted by Gasteiger charge is 2.24. The first-order valence-corrected chi connectivity index (χ1v) is 7.71. The summed E-state index contributed by atoms with van der Waals surface area (Å²) in [6.07, 6.45) is 0.443. The van der Waals surface area contributed by atoms with Crippen molar-refractivity contribution in [3.63, 3.8) is 0 Å². The minimum absolute atomic E-state index is 0.0622. The molecule has 0 heterocycles. The molecule has 2 N–H and O–H groups in total. The zero-order chi connectivity index (χ0) is 13.9. The first kappa shape index (κ1) is 16.0. The second-order valence-electron chi connectivity index (χ2n) is 3.61. The van der Waals surface area contributed by atoms with Crippen LogP contribution in [0.3, 0.4) is 0 Å². The van der Waals surface area contributed by atoms with Gasteiger partial charge in [-0.2, -0.15) is 0 Å². The Bertz CT molecular complexity index is 506. The van der Waals surface area contributed by atoms with Crippen molar-refractivity contribution < 1.29 is 13.5 Å². The fourth-order valence-corrected chi connectivity index (χ4v) is 4.17. The van der Waals surface area contributed by atoms with Crippen LogP contribution in [0.1, 0.15) is 13.3 Å². The van der Waals surface area contributed by atoms with Gasteiger partial charge in [0.1, 0.15) is 4.90 Å². The number of hydrogen-bond donors (Lipinski definition) is 2. The minimum Gasteiger partial charge on any atom is -0.395 e. The molecular weight excluding hydrogens is 321 g/mol. The van der Waals surface area contributed by atoms with E-state index in [1.165, 1.54) is 12.1 Å². The monoisotopic (exact) mass is 331 g/mol. The van der Waals surface area contributed by atoms with Gasteiger partial charge in [-0.05, 0) is 18.6 Å². The number of nitrogens with one attached hydrogen (secondary N) is 1. The molecule has 102 valence electrons. The summed E-state index contributed by atoms with van der Waals surface area (Å²) in [4.78, 5) is -0.234. The van der Waals surface area contributed by atoms with Crippen LogP contribution in [-0.4, -0.2) is 26.2 Å². The molecule has 0 aromatic heterocycles. The van der Waals surface area contributed by atoms with E-state index in [1.54, 1.807) is 6.92 Å². The Morgan fingerprint density at radius 2 is 1.78 bits per heavy atom. The van der Waals surface area contributed by atoms with Gasteiger partial charge in [-0.15, -0.1) is 0 Å². The molecule has 1 rings (SSSR count). The molecule has 1 atom stereocenters. The zero-order valence-corrected chi connectivity index (χ0v) is 12.5. The standard InChI is InChI=1S/C10H12Cl3NO3S/c1-2-7(5-15)14-18(16,17)10-8(12)3-6(11)4-9(10)13/h3-4,7,14-15H,2,5H2,1H3/t7-/m1/s1. The average Bonchev–Trinajstić information content (AvgIpc) is 2.23. The third kappa shape index (κ3) is 3.73. The van der Waals surface area contributed by atoms with Crippen molar-refractivity contribution >= 4 is 44.8 Å². The van der Waals surface area contributed by atoms with E-state index in [-0.39, 0.29) is 26.6 Å². The Balaban J connectivity index is 3.21. The van der Waals surface area contributed by atoms with E-state index >= 15 is 0 Å². The topological polar surface area (TPSA) is 66.4 Å². The van der Waals surface area contributed by atoms with Crippen LogP contribution in [0, 0.1) is 0 Å². The van der Waals surface area contributed by atoms with Gasteiger partial charge in [0.2, 0.25) is 10.0 Å². The second kappa shape index (κ2) is 6.41. The van der Waals surface area contributed by atoms with Gasteiger partial charge in [-0.1, -0.05) is 41.7 Å². The SMILES string of the molecule is CC[C@H](CO)NS(=O)(=O)c1c(Cl)cc(Cl)cc1Cl. The zero-order valence-electron chi connectivity index (χ0n) is 9.45. The van der Waals surface area contributed by atoms with Crippen LogP contribution in [0.15, 0.2) is 17.0 Å². The summed E-state index contributed by atoms with van der Waals surface area (Å²) in [5, 5.41) is 9.13. The lowest BCUT2D eigenvalue weighted by Gasteiger charge is -2.16. The normalized spacial score (nSPS) is 13.6. The second-order valence-corrected chi connectivity index (χ2v) is 6.51. The highest BCUT2D eigenvalue weighted by atomic mass is 35.5. The summed E-state index contributed by atoms with van der Waals surface area (Å²) in [6.45, 7) is 1.44. The fourth-order valence-electron chi connectivity index (χ4n) is 1.31. The van der Waals surface area contributed by atoms with Crippen LogP contribution in [-0.2, 0) is 10.0 Å². The molecule has 1 aromatic rings. The van der Waals surface area contributed by atoms with Crippen LogP contribution in [0.2, 0.25) is 15.1 Å². The molecule has 4 nitrogen and oxygen atoms in total. The molecule has 0 radical (unpaired) electrons. The van der Waals surface area contributed by atoms with Gasteiger partial charge < -0.3 is 5.11 Å². The van der Waals surface area contributed by atoms with Crippen LogP contribution < -0.4 is 4.72 Å². The van der Waals surface area contributed by atoms with Crippen molar-refractivity contribution in [2.75, 3.05) is 6.61 Å². The Morgan fingerprint density at radius 1 is 1.28 bits per heavy atom. The van der Waals surface area contributed by atoms with Gasteiger partial charge in [0, 0.05) is 11.1 Å². The third-order valence-electron chi connectivity index (χ3n) is 2.27. The molecule has 0 amide bonds. The predicted octanol–water partition coefficient (Wildman–Crippen LogP) is 2.70. The van der Waals surface area contributed by atoms with Crippen molar-refractivity contribution in [3.8, 4) is 0 Å². The molecule has 8 heteroatoms. The number of benzene rings is 1. The van der Waals surface area contributed by atoms with Crippen LogP contribution in [0.5, 0.6) is 0 Å². The Labute approximate surface area is 121 Å². The van der Waals surface area contributed by atoms with Crippen molar-refractivity contribution in [3.05, 3.63) is 27.2 Å². The van der Waals surface area contributed by atoms with E-state index in [0.29, 0.717) is 6.42 Å². The van der Waals surface area contributed by atoms with Crippen LogP contribution >= 0.6 is 34.8 Å². The summed E-state index contributed by atoms with van der Waals surface area (Å²) in [5.74, 6) is 0. The van der Waals surface area contributed by atoms with E-state index in [1.807, 2.05) is 0 Å². The van der Waals surface area contributed by atoms with Crippen LogP contribution in [0.4, 0.5) is 0 Å². The van der Waals surface area contributed by atoms with Gasteiger partial charge >= 0.3 is 0 Å². The maximum absolute atomic E-state index is 12.1. The van der Waals surface area contributed by atoms with Crippen molar-refractivity contribution in [2.45, 2.75) is 24.3 Å². The number of hydrogen-bond acceptors (Lipinski definition) is 3. The maximum atomic E-state index is 12.1. The summed E-state index contributed by atoms with van der Waals surface area (Å²) >= 11 is 17.4. The predicted molar refractivity (Wildman–Crippen MR) is 73.0 cm³/mol. The van der Waals surface area contributed by atoms with Crippen LogP contribution in [0.25, 0.3) is 0 Å². The molecule has 0 aliphatic heterocycles. The lowest BCUT2D eigenvalue weighted by atomic mass is 10.3. The molecule has 0 saturated heterocycles. The van der Waals surface area contributed by atoms with Crippen molar-refractivity contribution in [1.82, 2.24) is 4.72 Å². The third-order valence-corrected chi connectivity index (χ3v) is 4.93. The van der Waals surface area contributed by atoms with Gasteiger partial charge in [0.25, 0.3) is 0 Å². The highest BCUT2D eigenvalue weighted by Crippen LogP contribution is 2.32. The van der Waals surface area contributed by atoms with Crippen molar-refractivity contribution in [2.24, 2.45) is 0 Å². The van der Waals surface area contributed by atoms with Gasteiger partial charge in [-0.25, -0.2) is 13.1 Å². The van der Waals surface area contributed by atoms with Gasteiger partial charge in [0.15, 0.2) is 0 Å². The molecule has 0 bridgehead atoms. The van der Waals surface area contributed by atoms with Crippen molar-refractivity contribution in [1.29, 1.82) is 0 Å². The summed E-state index contributed by atoms with van der Waals surface area (Å²) in [7, 11) is -3.89. The number of aliphatic hydroxyl groups is 1. The lowest BCUT2D eigenvalue weighted by Crippen LogP contribution is -2.37. The van der Waals surface area contributed by atoms with E-state index in [0.717, 1.165) is 0 Å². The molecule has 18 heavy (non-hydrogen) atoms. The Hall–Kier alpha value is -0.0400. The van der Waals surface area contributed by atoms with E-state index in [9.17, 15) is 8.42 Å². The molecule has 0 unspecified atom stereocenters. The average molecular weight is 333 g/mol. The number of halogens is 3. The molecule has 0 fully saturated rings. The Morgan fingerprint density at radius 3 is 2.17 bits per heavy atom. The number of rotatable bonds is 5. The number of sulfonamides is 1. The largest absolute Gasteiger partial charge is 0.395 e. The molecule has 0 saturated carbocycles. The molecule has 0 spiro atoms. The summed E-state index contributed by atoms with van der Waals surface area (Å²) in [5.41, 5.74) is 0. The summed E-state index contributed by atoms with van der Waals surface area (Å²) in [6, 6.07) is 2.00. The highest BCUT2D eigenvalue weighted by molar-refractivity contribution is 7.89. The first-order chi connectivity index (χ1) is 8.31. The van der Waals surface area contributed by atoms with E-state index in [2.05, 4.69) is 4.72 Å². The quantitative estimate of drug-likeness (QED) is 0.871. The van der Waals surface area contributed by atoms with Gasteiger partial charge in [-0.3, -0.25) is 0 Å². The fraction of sp³-hybridized carbons (Fsp3) is 0.400. The molecular formula is C10H12Cl3NO3S. The minimum atomic E-state index is -3.89. The van der Waals surface area contributed by atoms with E-state index < -0.39 is 16.1 Å². The lowest BCUT2D eigenvalue weighted by molar-refractivity contribution is 0.254. The maximum Gasteiger partial charge on any atom is 0.243 e. The smallest absolute Gasteiger partial charge is 0.243 e. The van der Waals surface area contributed by atoms with E-state index in [4.69, 9.17) is 39.9 Å². The van der Waals surface area contributed by atoms with Gasteiger partial charge in [0.05, 0.1) is 16.7 Å².